The van der Waals surface area contributed by atoms with Gasteiger partial charge in [0.25, 0.3) is 0 Å². The Balaban J connectivity index is 1.19. The van der Waals surface area contributed by atoms with Gasteiger partial charge in [-0.3, -0.25) is 4.79 Å². The van der Waals surface area contributed by atoms with Crippen LogP contribution in [0, 0.1) is 52.3 Å². The number of ether oxygens (including phenoxy) is 1. The molecular formula is C33H52O4S. The van der Waals surface area contributed by atoms with E-state index in [-0.39, 0.29) is 29.0 Å². The number of esters is 1. The van der Waals surface area contributed by atoms with Crippen LogP contribution in [0.2, 0.25) is 0 Å². The molecule has 38 heavy (non-hydrogen) atoms. The average Bonchev–Trinajstić information content (AvgIpc) is 3.53. The first-order valence-corrected chi connectivity index (χ1v) is 16.6. The Hall–Kier alpha value is -0.910. The van der Waals surface area contributed by atoms with Crippen LogP contribution in [-0.2, 0) is 16.0 Å². The summed E-state index contributed by atoms with van der Waals surface area (Å²) in [6, 6.07) is 4.20. The summed E-state index contributed by atoms with van der Waals surface area (Å²) >= 11 is 1.75. The molecule has 0 spiro atoms. The molecule has 1 aromatic rings. The van der Waals surface area contributed by atoms with E-state index in [1.54, 1.807) is 11.3 Å². The van der Waals surface area contributed by atoms with E-state index < -0.39 is 0 Å². The Labute approximate surface area is 234 Å². The number of aryl methyl sites for hydroxylation is 1. The van der Waals surface area contributed by atoms with Gasteiger partial charge >= 0.3 is 5.97 Å². The van der Waals surface area contributed by atoms with Gasteiger partial charge in [0.2, 0.25) is 0 Å². The van der Waals surface area contributed by atoms with Crippen molar-refractivity contribution >= 4 is 17.3 Å². The van der Waals surface area contributed by atoms with Crippen molar-refractivity contribution in [2.45, 2.75) is 117 Å². The van der Waals surface area contributed by atoms with Crippen LogP contribution in [0.5, 0.6) is 0 Å². The molecule has 0 aromatic carbocycles. The van der Waals surface area contributed by atoms with Crippen LogP contribution in [-0.4, -0.2) is 35.0 Å². The van der Waals surface area contributed by atoms with Gasteiger partial charge in [0.05, 0.1) is 18.8 Å². The number of hydrogen-bond donors (Lipinski definition) is 2. The fraction of sp³-hybridized carbons (Fsp3) is 0.848. The summed E-state index contributed by atoms with van der Waals surface area (Å²) in [5.74, 6) is 3.44. The van der Waals surface area contributed by atoms with Crippen molar-refractivity contribution in [2.75, 3.05) is 6.61 Å². The summed E-state index contributed by atoms with van der Waals surface area (Å²) < 4.78 is 5.68. The van der Waals surface area contributed by atoms with Crippen LogP contribution in [0.1, 0.15) is 103 Å². The molecule has 4 aliphatic carbocycles. The monoisotopic (exact) mass is 544 g/mol. The molecule has 4 fully saturated rings. The van der Waals surface area contributed by atoms with E-state index in [0.29, 0.717) is 54.5 Å². The lowest BCUT2D eigenvalue weighted by Gasteiger charge is -2.64. The Kier molecular flexibility index (Phi) is 8.68. The first kappa shape index (κ1) is 28.6. The van der Waals surface area contributed by atoms with Crippen molar-refractivity contribution in [1.29, 1.82) is 0 Å². The van der Waals surface area contributed by atoms with Gasteiger partial charge < -0.3 is 14.9 Å². The maximum atomic E-state index is 12.3. The van der Waals surface area contributed by atoms with Gasteiger partial charge in [-0.05, 0) is 128 Å². The molecule has 5 heteroatoms. The van der Waals surface area contributed by atoms with Crippen molar-refractivity contribution in [3.63, 3.8) is 0 Å². The zero-order chi connectivity index (χ0) is 27.1. The lowest BCUT2D eigenvalue weighted by atomic mass is 9.41. The molecule has 5 rings (SSSR count). The Morgan fingerprint density at radius 3 is 2.61 bits per heavy atom. The number of aliphatic hydroxyl groups excluding tert-OH is 2. The topological polar surface area (TPSA) is 66.8 Å². The summed E-state index contributed by atoms with van der Waals surface area (Å²) in [6.45, 7) is 10.2. The molecular weight excluding hydrogens is 492 g/mol. The Bertz CT molecular complexity index is 931. The van der Waals surface area contributed by atoms with Crippen LogP contribution in [0.15, 0.2) is 17.5 Å². The molecule has 4 saturated carbocycles. The number of rotatable bonds is 9. The van der Waals surface area contributed by atoms with Crippen LogP contribution in [0.25, 0.3) is 0 Å². The van der Waals surface area contributed by atoms with Crippen LogP contribution in [0.4, 0.5) is 0 Å². The summed E-state index contributed by atoms with van der Waals surface area (Å²) in [6.07, 6.45) is 11.7. The highest BCUT2D eigenvalue weighted by molar-refractivity contribution is 7.09. The number of hydrogen-bond acceptors (Lipinski definition) is 5. The molecule has 0 bridgehead atoms. The minimum atomic E-state index is -0.234. The van der Waals surface area contributed by atoms with E-state index in [0.717, 1.165) is 44.9 Å². The van der Waals surface area contributed by atoms with Gasteiger partial charge in [0.15, 0.2) is 0 Å². The lowest BCUT2D eigenvalue weighted by molar-refractivity contribution is -0.203. The van der Waals surface area contributed by atoms with Crippen molar-refractivity contribution in [2.24, 2.45) is 52.3 Å². The number of aliphatic hydroxyl groups is 2. The number of fused-ring (bicyclic) bond motifs is 5. The predicted octanol–water partition coefficient (Wildman–Crippen LogP) is 7.27. The number of carbonyl (C=O) groups is 1. The number of thiophene rings is 1. The standard InChI is InChI=1S/C33H52O4S/c1-5-24-28-20-22(34)13-16-33(28,4)27-14-17-32(3)25(11-12-26(32)30(27)31(24)36)21(2)15-18-37-29(35)10-6-8-23-9-7-19-38-23/h7,9,19,21-22,24-28,30-31,34,36H,5-6,8,10-18,20H2,1-4H3/t21-,22-,24-,25-,26+,27+,28+,30+,31-,32-,33-/m1/s1. The van der Waals surface area contributed by atoms with E-state index >= 15 is 0 Å². The van der Waals surface area contributed by atoms with Crippen molar-refractivity contribution < 1.29 is 19.7 Å². The van der Waals surface area contributed by atoms with E-state index in [1.165, 1.54) is 30.6 Å². The second-order valence-electron chi connectivity index (χ2n) is 14.0. The highest BCUT2D eigenvalue weighted by atomic mass is 32.1. The molecule has 11 atom stereocenters. The second-order valence-corrected chi connectivity index (χ2v) is 15.1. The predicted molar refractivity (Wildman–Crippen MR) is 154 cm³/mol. The molecule has 1 aromatic heterocycles. The number of carbonyl (C=O) groups excluding carboxylic acids is 1. The second kappa shape index (κ2) is 11.5. The molecule has 0 aliphatic heterocycles. The molecule has 4 nitrogen and oxygen atoms in total. The van der Waals surface area contributed by atoms with Crippen molar-refractivity contribution in [3.8, 4) is 0 Å². The van der Waals surface area contributed by atoms with Crippen LogP contribution < -0.4 is 0 Å². The van der Waals surface area contributed by atoms with Crippen LogP contribution >= 0.6 is 11.3 Å². The first-order valence-electron chi connectivity index (χ1n) is 15.7. The summed E-state index contributed by atoms with van der Waals surface area (Å²) in [7, 11) is 0. The largest absolute Gasteiger partial charge is 0.466 e. The average molecular weight is 545 g/mol. The lowest BCUT2D eigenvalue weighted by Crippen LogP contribution is -2.62. The van der Waals surface area contributed by atoms with Gasteiger partial charge in [-0.15, -0.1) is 11.3 Å². The van der Waals surface area contributed by atoms with Gasteiger partial charge in [-0.2, -0.15) is 0 Å². The van der Waals surface area contributed by atoms with Crippen molar-refractivity contribution in [3.05, 3.63) is 22.4 Å². The third-order valence-electron chi connectivity index (χ3n) is 12.4. The molecule has 2 N–H and O–H groups in total. The smallest absolute Gasteiger partial charge is 0.305 e. The maximum Gasteiger partial charge on any atom is 0.305 e. The molecule has 0 radical (unpaired) electrons. The fourth-order valence-corrected chi connectivity index (χ4v) is 11.2. The Morgan fingerprint density at radius 1 is 1.11 bits per heavy atom. The van der Waals surface area contributed by atoms with Crippen molar-refractivity contribution in [1.82, 2.24) is 0 Å². The minimum absolute atomic E-state index is 0.0545. The summed E-state index contributed by atoms with van der Waals surface area (Å²) in [5.41, 5.74) is 0.522. The summed E-state index contributed by atoms with van der Waals surface area (Å²) in [5, 5.41) is 24.5. The minimum Gasteiger partial charge on any atom is -0.466 e. The normalized spacial score (nSPS) is 43.1. The van der Waals surface area contributed by atoms with E-state index in [2.05, 4.69) is 45.2 Å². The van der Waals surface area contributed by atoms with Gasteiger partial charge in [-0.1, -0.05) is 40.2 Å². The zero-order valence-corrected chi connectivity index (χ0v) is 25.1. The Morgan fingerprint density at radius 2 is 1.87 bits per heavy atom. The molecule has 214 valence electrons. The van der Waals surface area contributed by atoms with Gasteiger partial charge in [-0.25, -0.2) is 0 Å². The van der Waals surface area contributed by atoms with E-state index in [4.69, 9.17) is 4.74 Å². The van der Waals surface area contributed by atoms with Gasteiger partial charge in [0.1, 0.15) is 0 Å². The molecule has 0 unspecified atom stereocenters. The quantitative estimate of drug-likeness (QED) is 0.321. The zero-order valence-electron chi connectivity index (χ0n) is 24.2. The first-order chi connectivity index (χ1) is 18.2. The van der Waals surface area contributed by atoms with Gasteiger partial charge in [0, 0.05) is 11.3 Å². The molecule has 4 aliphatic rings. The van der Waals surface area contributed by atoms with E-state index in [1.807, 2.05) is 0 Å². The summed E-state index contributed by atoms with van der Waals surface area (Å²) in [4.78, 5) is 13.7. The molecule has 0 amide bonds. The fourth-order valence-electron chi connectivity index (χ4n) is 10.4. The highest BCUT2D eigenvalue weighted by Crippen LogP contribution is 2.69. The molecule has 1 heterocycles. The van der Waals surface area contributed by atoms with E-state index in [9.17, 15) is 15.0 Å². The maximum absolute atomic E-state index is 12.3. The SMILES string of the molecule is CC[C@H]1[C@@H](O)[C@@H]2[C@H](CC[C@]3(C)[C@@H]([C@H](C)CCOC(=O)CCCc4cccs4)CC[C@@H]23)[C@@]2(C)CC[C@@H](O)C[C@@H]12. The third kappa shape index (κ3) is 5.14. The third-order valence-corrected chi connectivity index (χ3v) is 13.3. The molecule has 0 saturated heterocycles. The highest BCUT2D eigenvalue weighted by Gasteiger charge is 2.64. The van der Waals surface area contributed by atoms with Crippen LogP contribution in [0.3, 0.4) is 0 Å².